The van der Waals surface area contributed by atoms with Crippen molar-refractivity contribution >= 4 is 11.5 Å². The van der Waals surface area contributed by atoms with Crippen LogP contribution in [0, 0.1) is 0 Å². The Bertz CT molecular complexity index is 592. The van der Waals surface area contributed by atoms with Crippen molar-refractivity contribution in [2.45, 2.75) is 32.2 Å². The van der Waals surface area contributed by atoms with Gasteiger partial charge < -0.3 is 14.8 Å². The van der Waals surface area contributed by atoms with E-state index in [9.17, 15) is 4.79 Å². The highest BCUT2D eigenvalue weighted by Crippen LogP contribution is 2.38. The summed E-state index contributed by atoms with van der Waals surface area (Å²) in [5.41, 5.74) is 5.11. The number of hydrogen-bond donors (Lipinski definition) is 1. The summed E-state index contributed by atoms with van der Waals surface area (Å²) in [5, 5.41) is 3.30. The molecule has 0 fully saturated rings. The lowest BCUT2D eigenvalue weighted by molar-refractivity contribution is -0.144. The number of carbonyl (C=O) groups is 1. The molecule has 0 bridgehead atoms. The molecule has 0 spiro atoms. The van der Waals surface area contributed by atoms with Crippen molar-refractivity contribution in [1.29, 1.82) is 0 Å². The molecule has 1 N–H and O–H groups in total. The molecule has 1 aliphatic carbocycles. The molecule has 0 saturated carbocycles. The van der Waals surface area contributed by atoms with Gasteiger partial charge in [0.2, 0.25) is 0 Å². The first-order chi connectivity index (χ1) is 10.2. The van der Waals surface area contributed by atoms with E-state index in [1.165, 1.54) is 22.3 Å². The molecule has 1 atom stereocenters. The summed E-state index contributed by atoms with van der Waals surface area (Å²) in [7, 11) is 1.69. The van der Waals surface area contributed by atoms with Gasteiger partial charge in [-0.05, 0) is 60.6 Å². The third-order valence-electron chi connectivity index (χ3n) is 4.28. The van der Waals surface area contributed by atoms with E-state index in [0.717, 1.165) is 31.6 Å². The van der Waals surface area contributed by atoms with E-state index in [4.69, 9.17) is 9.47 Å². The standard InChI is InChI=1S/C17H21NO3/c1-3-21-17(19)16-15-6-4-11-10-12(20-2)5-7-13(11)14(15)8-9-18-16/h5,7,10,16,18H,3-4,6,8-9H2,1-2H3. The number of hydrogen-bond acceptors (Lipinski definition) is 4. The van der Waals surface area contributed by atoms with Crippen LogP contribution in [0.3, 0.4) is 0 Å². The minimum absolute atomic E-state index is 0.151. The maximum absolute atomic E-state index is 12.1. The molecule has 0 saturated heterocycles. The molecule has 3 rings (SSSR count). The van der Waals surface area contributed by atoms with Gasteiger partial charge in [0.15, 0.2) is 0 Å². The van der Waals surface area contributed by atoms with Crippen molar-refractivity contribution in [3.05, 3.63) is 34.9 Å². The molecule has 1 aromatic rings. The molecule has 21 heavy (non-hydrogen) atoms. The van der Waals surface area contributed by atoms with Crippen molar-refractivity contribution in [2.75, 3.05) is 20.3 Å². The maximum atomic E-state index is 12.1. The molecular weight excluding hydrogens is 266 g/mol. The van der Waals surface area contributed by atoms with Crippen LogP contribution in [0.5, 0.6) is 5.75 Å². The topological polar surface area (TPSA) is 47.6 Å². The Morgan fingerprint density at radius 3 is 2.95 bits per heavy atom. The van der Waals surface area contributed by atoms with Gasteiger partial charge in [0.05, 0.1) is 13.7 Å². The lowest BCUT2D eigenvalue weighted by atomic mass is 9.79. The number of nitrogens with one attached hydrogen (secondary N) is 1. The van der Waals surface area contributed by atoms with E-state index in [1.807, 2.05) is 13.0 Å². The zero-order valence-corrected chi connectivity index (χ0v) is 12.6. The Morgan fingerprint density at radius 1 is 1.33 bits per heavy atom. The minimum Gasteiger partial charge on any atom is -0.497 e. The van der Waals surface area contributed by atoms with Gasteiger partial charge in [-0.2, -0.15) is 0 Å². The van der Waals surface area contributed by atoms with Gasteiger partial charge in [-0.25, -0.2) is 4.79 Å². The van der Waals surface area contributed by atoms with Crippen molar-refractivity contribution in [3.63, 3.8) is 0 Å². The average Bonchev–Trinajstić information content (AvgIpc) is 2.53. The number of ether oxygens (including phenoxy) is 2. The van der Waals surface area contributed by atoms with E-state index < -0.39 is 0 Å². The highest BCUT2D eigenvalue weighted by molar-refractivity contribution is 5.87. The van der Waals surface area contributed by atoms with Gasteiger partial charge in [-0.1, -0.05) is 6.07 Å². The number of carbonyl (C=O) groups excluding carboxylic acids is 1. The highest BCUT2D eigenvalue weighted by atomic mass is 16.5. The van der Waals surface area contributed by atoms with Crippen molar-refractivity contribution < 1.29 is 14.3 Å². The van der Waals surface area contributed by atoms with Crippen LogP contribution in [0.4, 0.5) is 0 Å². The van der Waals surface area contributed by atoms with E-state index in [0.29, 0.717) is 6.61 Å². The van der Waals surface area contributed by atoms with Crippen LogP contribution in [-0.4, -0.2) is 32.3 Å². The monoisotopic (exact) mass is 287 g/mol. The Morgan fingerprint density at radius 2 is 2.19 bits per heavy atom. The maximum Gasteiger partial charge on any atom is 0.327 e. The fourth-order valence-corrected chi connectivity index (χ4v) is 3.32. The molecule has 0 radical (unpaired) electrons. The van der Waals surface area contributed by atoms with Crippen LogP contribution in [-0.2, 0) is 16.0 Å². The molecule has 0 amide bonds. The lowest BCUT2D eigenvalue weighted by Crippen LogP contribution is -2.44. The molecule has 1 aromatic carbocycles. The van der Waals surface area contributed by atoms with Crippen LogP contribution >= 0.6 is 0 Å². The summed E-state index contributed by atoms with van der Waals surface area (Å²) < 4.78 is 10.5. The van der Waals surface area contributed by atoms with Crippen LogP contribution in [0.1, 0.15) is 30.9 Å². The van der Waals surface area contributed by atoms with Gasteiger partial charge in [-0.15, -0.1) is 0 Å². The van der Waals surface area contributed by atoms with E-state index in [1.54, 1.807) is 7.11 Å². The predicted molar refractivity (Wildman–Crippen MR) is 81.3 cm³/mol. The molecular formula is C17H21NO3. The van der Waals surface area contributed by atoms with Crippen LogP contribution in [0.15, 0.2) is 23.8 Å². The first kappa shape index (κ1) is 14.1. The second kappa shape index (κ2) is 5.90. The summed E-state index contributed by atoms with van der Waals surface area (Å²) in [6.07, 6.45) is 2.82. The summed E-state index contributed by atoms with van der Waals surface area (Å²) in [6.45, 7) is 3.08. The zero-order chi connectivity index (χ0) is 14.8. The quantitative estimate of drug-likeness (QED) is 0.867. The number of esters is 1. The summed E-state index contributed by atoms with van der Waals surface area (Å²) in [5.74, 6) is 0.746. The summed E-state index contributed by atoms with van der Waals surface area (Å²) in [4.78, 5) is 12.1. The molecule has 0 aromatic heterocycles. The van der Waals surface area contributed by atoms with Crippen molar-refractivity contribution in [1.82, 2.24) is 5.32 Å². The fraction of sp³-hybridized carbons (Fsp3) is 0.471. The Labute approximate surface area is 125 Å². The van der Waals surface area contributed by atoms with Crippen LogP contribution in [0.25, 0.3) is 5.57 Å². The third kappa shape index (κ3) is 2.56. The van der Waals surface area contributed by atoms with Crippen molar-refractivity contribution in [3.8, 4) is 5.75 Å². The molecule has 2 aliphatic rings. The van der Waals surface area contributed by atoms with Crippen LogP contribution < -0.4 is 10.1 Å². The third-order valence-corrected chi connectivity index (χ3v) is 4.28. The number of aryl methyl sites for hydroxylation is 1. The smallest absolute Gasteiger partial charge is 0.327 e. The Hall–Kier alpha value is -1.81. The van der Waals surface area contributed by atoms with E-state index in [2.05, 4.69) is 17.4 Å². The van der Waals surface area contributed by atoms with Gasteiger partial charge in [0, 0.05) is 6.54 Å². The fourth-order valence-electron chi connectivity index (χ4n) is 3.32. The number of methoxy groups -OCH3 is 1. The van der Waals surface area contributed by atoms with E-state index in [-0.39, 0.29) is 12.0 Å². The van der Waals surface area contributed by atoms with E-state index >= 15 is 0 Å². The average molecular weight is 287 g/mol. The predicted octanol–water partition coefficient (Wildman–Crippen LogP) is 2.32. The van der Waals surface area contributed by atoms with Gasteiger partial charge in [0.1, 0.15) is 11.8 Å². The normalized spacial score (nSPS) is 20.6. The molecule has 4 nitrogen and oxygen atoms in total. The number of rotatable bonds is 3. The molecule has 112 valence electrons. The highest BCUT2D eigenvalue weighted by Gasteiger charge is 2.32. The summed E-state index contributed by atoms with van der Waals surface area (Å²) >= 11 is 0. The second-order valence-corrected chi connectivity index (χ2v) is 5.42. The first-order valence-corrected chi connectivity index (χ1v) is 7.53. The van der Waals surface area contributed by atoms with Gasteiger partial charge in [0.25, 0.3) is 0 Å². The molecule has 1 unspecified atom stereocenters. The second-order valence-electron chi connectivity index (χ2n) is 5.42. The Kier molecular flexibility index (Phi) is 3.97. The molecule has 1 aliphatic heterocycles. The lowest BCUT2D eigenvalue weighted by Gasteiger charge is -2.33. The number of fused-ring (bicyclic) bond motifs is 2. The molecule has 1 heterocycles. The largest absolute Gasteiger partial charge is 0.497 e. The van der Waals surface area contributed by atoms with Gasteiger partial charge >= 0.3 is 5.97 Å². The minimum atomic E-state index is -0.274. The number of benzene rings is 1. The van der Waals surface area contributed by atoms with Gasteiger partial charge in [-0.3, -0.25) is 0 Å². The zero-order valence-electron chi connectivity index (χ0n) is 12.6. The van der Waals surface area contributed by atoms with Crippen LogP contribution in [0.2, 0.25) is 0 Å². The SMILES string of the molecule is CCOC(=O)C1NCCC2=C1CCc1cc(OC)ccc12. The summed E-state index contributed by atoms with van der Waals surface area (Å²) in [6, 6.07) is 5.95. The Balaban J connectivity index is 1.98. The van der Waals surface area contributed by atoms with Crippen molar-refractivity contribution in [2.24, 2.45) is 0 Å². The molecule has 4 heteroatoms. The first-order valence-electron chi connectivity index (χ1n) is 7.53.